The topological polar surface area (TPSA) is 3.24 Å². The molecule has 6 aromatic carbocycles. The highest BCUT2D eigenvalue weighted by Gasteiger charge is 2.37. The summed E-state index contributed by atoms with van der Waals surface area (Å²) in [6.45, 7) is 15.8. The number of allylic oxidation sites excluding steroid dienone is 5. The van der Waals surface area contributed by atoms with Gasteiger partial charge >= 0.3 is 0 Å². The van der Waals surface area contributed by atoms with Crippen molar-refractivity contribution >= 4 is 33.4 Å². The minimum Gasteiger partial charge on any atom is -0.310 e. The van der Waals surface area contributed by atoms with E-state index in [9.17, 15) is 0 Å². The van der Waals surface area contributed by atoms with Crippen molar-refractivity contribution in [3.05, 3.63) is 180 Å². The van der Waals surface area contributed by atoms with E-state index < -0.39 is 0 Å². The Kier molecular flexibility index (Phi) is 8.38. The molecule has 0 aromatic heterocycles. The molecule has 3 aliphatic carbocycles. The van der Waals surface area contributed by atoms with E-state index in [2.05, 4.69) is 186 Å². The van der Waals surface area contributed by atoms with Gasteiger partial charge in [-0.1, -0.05) is 157 Å². The monoisotopic (exact) mass is 701 g/mol. The van der Waals surface area contributed by atoms with Crippen molar-refractivity contribution in [1.29, 1.82) is 0 Å². The van der Waals surface area contributed by atoms with E-state index >= 15 is 0 Å². The van der Waals surface area contributed by atoms with Gasteiger partial charge in [-0.25, -0.2) is 0 Å². The molecule has 1 nitrogen and oxygen atoms in total. The summed E-state index contributed by atoms with van der Waals surface area (Å²) < 4.78 is 0. The lowest BCUT2D eigenvalue weighted by molar-refractivity contribution is 0.443. The molecule has 0 atom stereocenters. The molecule has 3 aliphatic rings. The molecule has 0 bridgehead atoms. The maximum Gasteiger partial charge on any atom is 0.0546 e. The number of fused-ring (bicyclic) bond motifs is 5. The first kappa shape index (κ1) is 34.4. The molecule has 1 fully saturated rings. The van der Waals surface area contributed by atoms with Crippen LogP contribution in [0, 0.1) is 0 Å². The Morgan fingerprint density at radius 1 is 0.630 bits per heavy atom. The molecule has 0 heterocycles. The third-order valence-corrected chi connectivity index (χ3v) is 13.0. The molecule has 0 amide bonds. The molecule has 268 valence electrons. The zero-order valence-corrected chi connectivity index (χ0v) is 32.5. The van der Waals surface area contributed by atoms with Crippen LogP contribution in [0.4, 0.5) is 17.1 Å². The molecule has 6 aromatic rings. The van der Waals surface area contributed by atoms with Crippen LogP contribution in [0.5, 0.6) is 0 Å². The van der Waals surface area contributed by atoms with Crippen molar-refractivity contribution in [3.63, 3.8) is 0 Å². The minimum absolute atomic E-state index is 0.0908. The fraction of sp³-hybridized carbons (Fsp3) is 0.245. The first-order valence-corrected chi connectivity index (χ1v) is 20.0. The van der Waals surface area contributed by atoms with Gasteiger partial charge < -0.3 is 4.90 Å². The van der Waals surface area contributed by atoms with E-state index in [-0.39, 0.29) is 10.8 Å². The number of nitrogens with zero attached hydrogens (tertiary/aromatic N) is 1. The van der Waals surface area contributed by atoms with Crippen molar-refractivity contribution in [2.45, 2.75) is 83.5 Å². The van der Waals surface area contributed by atoms with Crippen molar-refractivity contribution < 1.29 is 0 Å². The Balaban J connectivity index is 1.28. The molecule has 0 unspecified atom stereocenters. The number of rotatable bonds is 7. The van der Waals surface area contributed by atoms with Crippen LogP contribution in [0.25, 0.3) is 38.6 Å². The smallest absolute Gasteiger partial charge is 0.0546 e. The average Bonchev–Trinajstić information content (AvgIpc) is 3.56. The maximum absolute atomic E-state index is 4.27. The van der Waals surface area contributed by atoms with E-state index in [1.807, 2.05) is 0 Å². The summed E-state index contributed by atoms with van der Waals surface area (Å²) in [5, 5.41) is 2.51. The summed E-state index contributed by atoms with van der Waals surface area (Å²) in [5.41, 5.74) is 18.0. The van der Waals surface area contributed by atoms with Crippen LogP contribution >= 0.6 is 0 Å². The molecule has 0 radical (unpaired) electrons. The SMILES string of the molecule is C=CC1=C(/C=C\C)c2cc(N(c3ccc(C4CCCCC4)cc3)c3ccc4ccccc4c3-c3ccc4c(c3)C(C)(C)c3ccccc3-4)ccc2C1(C)C. The Morgan fingerprint density at radius 2 is 1.33 bits per heavy atom. The van der Waals surface area contributed by atoms with Gasteiger partial charge in [-0.2, -0.15) is 0 Å². The van der Waals surface area contributed by atoms with E-state index in [1.54, 1.807) is 0 Å². The van der Waals surface area contributed by atoms with Gasteiger partial charge in [0.2, 0.25) is 0 Å². The molecular formula is C53H51N. The second-order valence-electron chi connectivity index (χ2n) is 16.8. The van der Waals surface area contributed by atoms with Crippen LogP contribution in [0.3, 0.4) is 0 Å². The normalized spacial score (nSPS) is 17.1. The zero-order chi connectivity index (χ0) is 37.2. The van der Waals surface area contributed by atoms with E-state index in [1.165, 1.54) is 115 Å². The second-order valence-corrected chi connectivity index (χ2v) is 16.8. The second kappa shape index (κ2) is 13.2. The Labute approximate surface area is 322 Å². The van der Waals surface area contributed by atoms with Gasteiger partial charge in [0.25, 0.3) is 0 Å². The van der Waals surface area contributed by atoms with Crippen molar-refractivity contribution in [2.24, 2.45) is 0 Å². The largest absolute Gasteiger partial charge is 0.310 e. The summed E-state index contributed by atoms with van der Waals surface area (Å²) in [6, 6.07) is 46.4. The fourth-order valence-electron chi connectivity index (χ4n) is 10.1. The molecule has 54 heavy (non-hydrogen) atoms. The molecule has 1 heteroatoms. The molecule has 1 saturated carbocycles. The van der Waals surface area contributed by atoms with Crippen molar-refractivity contribution in [2.75, 3.05) is 4.90 Å². The third-order valence-electron chi connectivity index (χ3n) is 13.0. The molecule has 0 spiro atoms. The Hall–Kier alpha value is -5.40. The first-order chi connectivity index (χ1) is 26.2. The fourth-order valence-corrected chi connectivity index (χ4v) is 10.1. The average molecular weight is 702 g/mol. The van der Waals surface area contributed by atoms with Crippen LogP contribution in [-0.2, 0) is 10.8 Å². The highest BCUT2D eigenvalue weighted by Crippen LogP contribution is 2.53. The van der Waals surface area contributed by atoms with Gasteiger partial charge in [0.05, 0.1) is 5.69 Å². The van der Waals surface area contributed by atoms with Gasteiger partial charge in [-0.15, -0.1) is 0 Å². The maximum atomic E-state index is 4.27. The minimum atomic E-state index is -0.125. The Morgan fingerprint density at radius 3 is 2.11 bits per heavy atom. The number of hydrogen-bond acceptors (Lipinski definition) is 1. The highest BCUT2D eigenvalue weighted by molar-refractivity contribution is 6.06. The lowest BCUT2D eigenvalue weighted by atomic mass is 9.81. The van der Waals surface area contributed by atoms with E-state index in [4.69, 9.17) is 0 Å². The Bertz CT molecular complexity index is 2500. The summed E-state index contributed by atoms with van der Waals surface area (Å²) in [4.78, 5) is 2.52. The lowest BCUT2D eigenvalue weighted by Crippen LogP contribution is -2.17. The molecule has 9 rings (SSSR count). The van der Waals surface area contributed by atoms with E-state index in [0.29, 0.717) is 5.92 Å². The summed E-state index contributed by atoms with van der Waals surface area (Å²) in [5.74, 6) is 0.657. The molecule has 0 saturated heterocycles. The summed E-state index contributed by atoms with van der Waals surface area (Å²) in [7, 11) is 0. The van der Waals surface area contributed by atoms with Gasteiger partial charge in [0, 0.05) is 27.8 Å². The zero-order valence-electron chi connectivity index (χ0n) is 32.5. The van der Waals surface area contributed by atoms with Gasteiger partial charge in [0.15, 0.2) is 0 Å². The van der Waals surface area contributed by atoms with Crippen LogP contribution in [-0.4, -0.2) is 0 Å². The van der Waals surface area contributed by atoms with E-state index in [0.717, 1.165) is 5.69 Å². The molecular weight excluding hydrogens is 651 g/mol. The van der Waals surface area contributed by atoms with Crippen LogP contribution < -0.4 is 4.90 Å². The summed E-state index contributed by atoms with van der Waals surface area (Å²) in [6.07, 6.45) is 13.1. The lowest BCUT2D eigenvalue weighted by Gasteiger charge is -2.31. The number of anilines is 3. The number of hydrogen-bond donors (Lipinski definition) is 0. The predicted octanol–water partition coefficient (Wildman–Crippen LogP) is 15.1. The quantitative estimate of drug-likeness (QED) is 0.160. The molecule has 0 N–H and O–H groups in total. The third kappa shape index (κ3) is 5.35. The molecule has 0 aliphatic heterocycles. The van der Waals surface area contributed by atoms with Gasteiger partial charge in [0.1, 0.15) is 0 Å². The van der Waals surface area contributed by atoms with Crippen molar-refractivity contribution in [1.82, 2.24) is 0 Å². The van der Waals surface area contributed by atoms with Crippen LogP contribution in [0.1, 0.15) is 100 Å². The first-order valence-electron chi connectivity index (χ1n) is 20.0. The predicted molar refractivity (Wildman–Crippen MR) is 232 cm³/mol. The standard InChI is InChI=1S/C53H51N/c1-7-16-42-45-34-40(29-31-48(45)52(3,4)46(42)8-2)54(39-27-23-36(24-28-39)35-17-10-9-11-18-35)50-32-26-37-19-12-13-20-41(37)51(50)38-25-30-44-43-21-14-15-22-47(43)53(5,6)49(44)33-38/h7-8,12-16,19-35H,2,9-11,17-18H2,1,3-6H3/b16-7-. The van der Waals surface area contributed by atoms with Gasteiger partial charge in [-0.3, -0.25) is 0 Å². The number of benzene rings is 6. The highest BCUT2D eigenvalue weighted by atomic mass is 15.1. The van der Waals surface area contributed by atoms with Crippen molar-refractivity contribution in [3.8, 4) is 22.3 Å². The van der Waals surface area contributed by atoms with Crippen LogP contribution in [0.15, 0.2) is 152 Å². The van der Waals surface area contributed by atoms with Gasteiger partial charge in [-0.05, 0) is 129 Å². The van der Waals surface area contributed by atoms with Crippen LogP contribution in [0.2, 0.25) is 0 Å². The summed E-state index contributed by atoms with van der Waals surface area (Å²) >= 11 is 0.